The summed E-state index contributed by atoms with van der Waals surface area (Å²) in [6, 6.07) is 16.8. The lowest BCUT2D eigenvalue weighted by molar-refractivity contribution is -0.116. The van der Waals surface area contributed by atoms with Gasteiger partial charge in [-0.15, -0.1) is 0 Å². The fourth-order valence-corrected chi connectivity index (χ4v) is 2.62. The molecule has 0 aliphatic carbocycles. The highest BCUT2D eigenvalue weighted by Gasteiger charge is 2.05. The van der Waals surface area contributed by atoms with Crippen molar-refractivity contribution < 1.29 is 9.59 Å². The van der Waals surface area contributed by atoms with Crippen LogP contribution < -0.4 is 16.0 Å². The Morgan fingerprint density at radius 3 is 2.35 bits per heavy atom. The summed E-state index contributed by atoms with van der Waals surface area (Å²) >= 11 is 0. The summed E-state index contributed by atoms with van der Waals surface area (Å²) in [6.07, 6.45) is 2.08. The average molecular weight is 348 g/mol. The number of fused-ring (bicyclic) bond motifs is 1. The molecule has 0 bridgehead atoms. The summed E-state index contributed by atoms with van der Waals surface area (Å²) in [4.78, 5) is 27.5. The Labute approximate surface area is 151 Å². The molecule has 0 unspecified atom stereocenters. The third-order valence-electron chi connectivity index (χ3n) is 3.79. The number of carbonyl (C=O) groups is 2. The van der Waals surface area contributed by atoms with E-state index in [-0.39, 0.29) is 11.8 Å². The summed E-state index contributed by atoms with van der Waals surface area (Å²) in [5.74, 6) is -0.214. The molecule has 0 radical (unpaired) electrons. The molecule has 26 heavy (non-hydrogen) atoms. The van der Waals surface area contributed by atoms with Crippen molar-refractivity contribution in [3.05, 3.63) is 60.8 Å². The van der Waals surface area contributed by atoms with E-state index in [9.17, 15) is 9.59 Å². The number of anilines is 3. The Bertz CT molecular complexity index is 917. The number of pyridine rings is 1. The second kappa shape index (κ2) is 8.11. The number of benzene rings is 2. The summed E-state index contributed by atoms with van der Waals surface area (Å²) in [6.45, 7) is 1.96. The average Bonchev–Trinajstić information content (AvgIpc) is 2.63. The van der Waals surface area contributed by atoms with E-state index in [0.29, 0.717) is 24.3 Å². The SMILES string of the molecule is CC(=O)Nc1ccc(NC(=O)CCNc2cccc3cccnc23)cc1. The lowest BCUT2D eigenvalue weighted by atomic mass is 10.2. The van der Waals surface area contributed by atoms with Crippen molar-refractivity contribution in [2.45, 2.75) is 13.3 Å². The number of rotatable bonds is 6. The second-order valence-electron chi connectivity index (χ2n) is 5.86. The van der Waals surface area contributed by atoms with Crippen molar-refractivity contribution >= 4 is 39.8 Å². The quantitative estimate of drug-likeness (QED) is 0.635. The van der Waals surface area contributed by atoms with E-state index in [1.807, 2.05) is 30.3 Å². The van der Waals surface area contributed by atoms with Gasteiger partial charge in [0.2, 0.25) is 11.8 Å². The van der Waals surface area contributed by atoms with Crippen LogP contribution in [-0.2, 0) is 9.59 Å². The van der Waals surface area contributed by atoms with Gasteiger partial charge in [0, 0.05) is 42.8 Å². The van der Waals surface area contributed by atoms with Gasteiger partial charge in [0.1, 0.15) is 0 Å². The zero-order valence-electron chi connectivity index (χ0n) is 14.5. The normalized spacial score (nSPS) is 10.3. The molecule has 1 heterocycles. The second-order valence-corrected chi connectivity index (χ2v) is 5.86. The zero-order chi connectivity index (χ0) is 18.4. The number of hydrogen-bond acceptors (Lipinski definition) is 4. The Morgan fingerprint density at radius 1 is 0.923 bits per heavy atom. The van der Waals surface area contributed by atoms with Gasteiger partial charge in [0.25, 0.3) is 0 Å². The van der Waals surface area contributed by atoms with E-state index >= 15 is 0 Å². The predicted octanol–water partition coefficient (Wildman–Crippen LogP) is 3.63. The van der Waals surface area contributed by atoms with Gasteiger partial charge in [-0.1, -0.05) is 18.2 Å². The van der Waals surface area contributed by atoms with E-state index in [2.05, 4.69) is 20.9 Å². The molecular weight excluding hydrogens is 328 g/mol. The number of aromatic nitrogens is 1. The topological polar surface area (TPSA) is 83.1 Å². The molecule has 3 rings (SSSR count). The van der Waals surface area contributed by atoms with Crippen LogP contribution in [0.5, 0.6) is 0 Å². The molecule has 0 aliphatic rings. The maximum Gasteiger partial charge on any atom is 0.226 e. The standard InChI is InChI=1S/C20H20N4O2/c1-14(25)23-16-7-9-17(10-8-16)24-19(26)11-13-21-18-6-2-4-15-5-3-12-22-20(15)18/h2-10,12,21H,11,13H2,1H3,(H,23,25)(H,24,26). The number of amides is 2. The molecule has 0 fully saturated rings. The molecule has 2 amide bonds. The van der Waals surface area contributed by atoms with Crippen LogP contribution in [0.2, 0.25) is 0 Å². The van der Waals surface area contributed by atoms with Crippen LogP contribution >= 0.6 is 0 Å². The number of nitrogens with one attached hydrogen (secondary N) is 3. The van der Waals surface area contributed by atoms with Gasteiger partial charge >= 0.3 is 0 Å². The third kappa shape index (κ3) is 4.57. The summed E-state index contributed by atoms with van der Waals surface area (Å²) in [5.41, 5.74) is 3.19. The number of carbonyl (C=O) groups excluding carboxylic acids is 2. The molecule has 0 spiro atoms. The molecule has 3 N–H and O–H groups in total. The number of nitrogens with zero attached hydrogens (tertiary/aromatic N) is 1. The first kappa shape index (κ1) is 17.4. The lowest BCUT2D eigenvalue weighted by Gasteiger charge is -2.10. The van der Waals surface area contributed by atoms with Gasteiger partial charge < -0.3 is 16.0 Å². The van der Waals surface area contributed by atoms with Crippen LogP contribution in [0.15, 0.2) is 60.8 Å². The van der Waals surface area contributed by atoms with E-state index in [0.717, 1.165) is 16.6 Å². The molecule has 1 aromatic heterocycles. The van der Waals surface area contributed by atoms with E-state index in [1.165, 1.54) is 6.92 Å². The van der Waals surface area contributed by atoms with Crippen LogP contribution in [0.1, 0.15) is 13.3 Å². The minimum atomic E-state index is -0.129. The van der Waals surface area contributed by atoms with Gasteiger partial charge in [-0.05, 0) is 36.4 Å². The Hall–Kier alpha value is -3.41. The summed E-state index contributed by atoms with van der Waals surface area (Å²) in [5, 5.41) is 9.84. The smallest absolute Gasteiger partial charge is 0.226 e. The number of para-hydroxylation sites is 1. The van der Waals surface area contributed by atoms with E-state index in [4.69, 9.17) is 0 Å². The first-order chi connectivity index (χ1) is 12.6. The van der Waals surface area contributed by atoms with Gasteiger partial charge in [-0.3, -0.25) is 14.6 Å². The largest absolute Gasteiger partial charge is 0.383 e. The minimum Gasteiger partial charge on any atom is -0.383 e. The first-order valence-electron chi connectivity index (χ1n) is 8.37. The highest BCUT2D eigenvalue weighted by Crippen LogP contribution is 2.20. The molecule has 3 aromatic rings. The minimum absolute atomic E-state index is 0.0852. The lowest BCUT2D eigenvalue weighted by Crippen LogP contribution is -2.16. The zero-order valence-corrected chi connectivity index (χ0v) is 14.5. The Kier molecular flexibility index (Phi) is 5.43. The summed E-state index contributed by atoms with van der Waals surface area (Å²) in [7, 11) is 0. The first-order valence-corrected chi connectivity index (χ1v) is 8.37. The highest BCUT2D eigenvalue weighted by molar-refractivity contribution is 5.93. The van der Waals surface area contributed by atoms with Gasteiger partial charge in [0.15, 0.2) is 0 Å². The molecule has 2 aromatic carbocycles. The maximum atomic E-state index is 12.1. The molecule has 0 saturated heterocycles. The molecule has 6 nitrogen and oxygen atoms in total. The van der Waals surface area contributed by atoms with Crippen LogP contribution in [0.4, 0.5) is 17.1 Å². The highest BCUT2D eigenvalue weighted by atomic mass is 16.2. The van der Waals surface area contributed by atoms with Crippen LogP contribution in [0.3, 0.4) is 0 Å². The Balaban J connectivity index is 1.52. The molecule has 0 saturated carbocycles. The molecular formula is C20H20N4O2. The van der Waals surface area contributed by atoms with Crippen LogP contribution in [0, 0.1) is 0 Å². The van der Waals surface area contributed by atoms with Crippen molar-refractivity contribution in [3.8, 4) is 0 Å². The monoisotopic (exact) mass is 348 g/mol. The van der Waals surface area contributed by atoms with Gasteiger partial charge in [-0.2, -0.15) is 0 Å². The van der Waals surface area contributed by atoms with Crippen LogP contribution in [0.25, 0.3) is 10.9 Å². The van der Waals surface area contributed by atoms with Crippen LogP contribution in [-0.4, -0.2) is 23.3 Å². The van der Waals surface area contributed by atoms with Crippen molar-refractivity contribution in [1.82, 2.24) is 4.98 Å². The fraction of sp³-hybridized carbons (Fsp3) is 0.150. The molecule has 132 valence electrons. The molecule has 6 heteroatoms. The third-order valence-corrected chi connectivity index (χ3v) is 3.79. The van der Waals surface area contributed by atoms with Crippen molar-refractivity contribution in [1.29, 1.82) is 0 Å². The van der Waals surface area contributed by atoms with Crippen molar-refractivity contribution in [2.24, 2.45) is 0 Å². The van der Waals surface area contributed by atoms with E-state index < -0.39 is 0 Å². The maximum absolute atomic E-state index is 12.1. The fourth-order valence-electron chi connectivity index (χ4n) is 2.62. The Morgan fingerprint density at radius 2 is 1.62 bits per heavy atom. The molecule has 0 atom stereocenters. The predicted molar refractivity (Wildman–Crippen MR) is 104 cm³/mol. The van der Waals surface area contributed by atoms with Gasteiger partial charge in [0.05, 0.1) is 11.2 Å². The van der Waals surface area contributed by atoms with Crippen molar-refractivity contribution in [3.63, 3.8) is 0 Å². The van der Waals surface area contributed by atoms with E-state index in [1.54, 1.807) is 30.5 Å². The summed E-state index contributed by atoms with van der Waals surface area (Å²) < 4.78 is 0. The number of hydrogen-bond donors (Lipinski definition) is 3. The molecule has 0 aliphatic heterocycles. The van der Waals surface area contributed by atoms with Gasteiger partial charge in [-0.25, -0.2) is 0 Å². The van der Waals surface area contributed by atoms with Crippen molar-refractivity contribution in [2.75, 3.05) is 22.5 Å².